The number of carbonyl (C=O) groups is 1. The maximum Gasteiger partial charge on any atom is 0.335 e. The van der Waals surface area contributed by atoms with Gasteiger partial charge in [0.25, 0.3) is 0 Å². The third kappa shape index (κ3) is 5.30. The molecule has 2 aliphatic carbocycles. The smallest absolute Gasteiger partial charge is 0.335 e. The van der Waals surface area contributed by atoms with Crippen molar-refractivity contribution >= 4 is 29.4 Å². The third-order valence-electron chi connectivity index (χ3n) is 8.34. The van der Waals surface area contributed by atoms with E-state index in [0.29, 0.717) is 17.9 Å². The lowest BCUT2D eigenvalue weighted by Gasteiger charge is -2.25. The summed E-state index contributed by atoms with van der Waals surface area (Å²) >= 11 is 0. The van der Waals surface area contributed by atoms with Crippen molar-refractivity contribution in [2.75, 3.05) is 6.61 Å². The van der Waals surface area contributed by atoms with E-state index in [1.54, 1.807) is 12.1 Å². The second-order valence-corrected chi connectivity index (χ2v) is 10.6. The van der Waals surface area contributed by atoms with Crippen LogP contribution in [0.5, 0.6) is 5.75 Å². The Hall–Kier alpha value is -3.31. The highest BCUT2D eigenvalue weighted by Gasteiger charge is 2.29. The predicted molar refractivity (Wildman–Crippen MR) is 154 cm³/mol. The van der Waals surface area contributed by atoms with Gasteiger partial charge in [0.05, 0.1) is 23.2 Å². The highest BCUT2D eigenvalue weighted by Crippen LogP contribution is 2.40. The van der Waals surface area contributed by atoms with Crippen molar-refractivity contribution in [3.8, 4) is 17.1 Å². The van der Waals surface area contributed by atoms with E-state index in [4.69, 9.17) is 9.72 Å². The summed E-state index contributed by atoms with van der Waals surface area (Å²) in [6, 6.07) is 24.8. The molecule has 2 fully saturated rings. The van der Waals surface area contributed by atoms with E-state index in [2.05, 4.69) is 59.2 Å². The molecule has 5 nitrogen and oxygen atoms in total. The van der Waals surface area contributed by atoms with Crippen molar-refractivity contribution in [2.24, 2.45) is 5.92 Å². The van der Waals surface area contributed by atoms with E-state index in [1.807, 2.05) is 6.07 Å². The zero-order chi connectivity index (χ0) is 25.2. The van der Waals surface area contributed by atoms with E-state index in [-0.39, 0.29) is 18.0 Å². The number of imidazole rings is 1. The first-order valence-electron chi connectivity index (χ1n) is 13.7. The van der Waals surface area contributed by atoms with Crippen LogP contribution in [-0.2, 0) is 0 Å². The van der Waals surface area contributed by atoms with Crippen LogP contribution in [0.2, 0.25) is 0 Å². The fourth-order valence-electron chi connectivity index (χ4n) is 6.42. The Morgan fingerprint density at radius 3 is 2.39 bits per heavy atom. The van der Waals surface area contributed by atoms with Crippen LogP contribution < -0.4 is 4.74 Å². The molecule has 0 aliphatic heterocycles. The van der Waals surface area contributed by atoms with E-state index < -0.39 is 5.97 Å². The fourth-order valence-corrected chi connectivity index (χ4v) is 6.42. The summed E-state index contributed by atoms with van der Waals surface area (Å²) in [7, 11) is 0. The Labute approximate surface area is 230 Å². The molecule has 0 amide bonds. The van der Waals surface area contributed by atoms with Gasteiger partial charge in [0.15, 0.2) is 0 Å². The van der Waals surface area contributed by atoms with Crippen molar-refractivity contribution in [1.82, 2.24) is 9.55 Å². The van der Waals surface area contributed by atoms with Gasteiger partial charge in [-0.25, -0.2) is 9.78 Å². The molecule has 1 unspecified atom stereocenters. The van der Waals surface area contributed by atoms with Crippen molar-refractivity contribution in [1.29, 1.82) is 0 Å². The first kappa shape index (κ1) is 26.3. The van der Waals surface area contributed by atoms with E-state index >= 15 is 0 Å². The Morgan fingerprint density at radius 1 is 0.895 bits per heavy atom. The molecule has 6 rings (SSSR count). The van der Waals surface area contributed by atoms with Crippen molar-refractivity contribution in [3.63, 3.8) is 0 Å². The summed E-state index contributed by atoms with van der Waals surface area (Å²) in [5.41, 5.74) is 4.50. The van der Waals surface area contributed by atoms with Gasteiger partial charge in [-0.1, -0.05) is 56.0 Å². The SMILES string of the molecule is Cl.O=C(O)c1ccc2c(c1)nc(-c1ccc(OC[C@@H]3CCCC3c3ccccc3)cc1)n2C1CCCCC1. The lowest BCUT2D eigenvalue weighted by molar-refractivity contribution is 0.0697. The van der Waals surface area contributed by atoms with Gasteiger partial charge in [-0.05, 0) is 85.5 Å². The number of halogens is 1. The molecule has 2 saturated carbocycles. The van der Waals surface area contributed by atoms with E-state index in [9.17, 15) is 9.90 Å². The van der Waals surface area contributed by atoms with Crippen LogP contribution in [0.3, 0.4) is 0 Å². The van der Waals surface area contributed by atoms with Crippen LogP contribution in [0.4, 0.5) is 0 Å². The Kier molecular flexibility index (Phi) is 8.04. The van der Waals surface area contributed by atoms with Crippen LogP contribution >= 0.6 is 12.4 Å². The van der Waals surface area contributed by atoms with Gasteiger partial charge in [-0.2, -0.15) is 0 Å². The Balaban J connectivity index is 0.00000294. The molecule has 2 atom stereocenters. The molecular formula is C32H35ClN2O3. The molecule has 1 N–H and O–H groups in total. The van der Waals surface area contributed by atoms with Gasteiger partial charge in [0, 0.05) is 11.6 Å². The number of benzene rings is 3. The van der Waals surface area contributed by atoms with Crippen LogP contribution in [0.25, 0.3) is 22.4 Å². The van der Waals surface area contributed by atoms with E-state index in [1.165, 1.54) is 44.1 Å². The molecule has 6 heteroatoms. The maximum atomic E-state index is 11.6. The average molecular weight is 531 g/mol. The molecule has 1 aromatic heterocycles. The molecule has 38 heavy (non-hydrogen) atoms. The summed E-state index contributed by atoms with van der Waals surface area (Å²) in [4.78, 5) is 16.5. The standard InChI is InChI=1S/C32H34N2O3.ClH/c35-32(36)24-16-19-30-29(20-24)33-31(34(30)26-11-5-2-6-12-26)23-14-17-27(18-15-23)37-21-25-10-7-13-28(25)22-8-3-1-4-9-22;/h1,3-4,8-9,14-20,25-26,28H,2,5-7,10-13,21H2,(H,35,36);1H/t25-,28?;/m0./s1. The zero-order valence-electron chi connectivity index (χ0n) is 21.6. The molecule has 3 aromatic carbocycles. The fraction of sp³-hybridized carbons (Fsp3) is 0.375. The molecule has 0 bridgehead atoms. The number of ether oxygens (including phenoxy) is 1. The summed E-state index contributed by atoms with van der Waals surface area (Å²) in [5.74, 6) is 1.99. The molecule has 4 aromatic rings. The lowest BCUT2D eigenvalue weighted by atomic mass is 9.89. The maximum absolute atomic E-state index is 11.6. The van der Waals surface area contributed by atoms with Gasteiger partial charge in [-0.15, -0.1) is 12.4 Å². The second-order valence-electron chi connectivity index (χ2n) is 10.6. The number of rotatable bonds is 7. The number of hydrogen-bond acceptors (Lipinski definition) is 3. The molecular weight excluding hydrogens is 496 g/mol. The van der Waals surface area contributed by atoms with E-state index in [0.717, 1.165) is 47.6 Å². The van der Waals surface area contributed by atoms with Gasteiger partial charge >= 0.3 is 5.97 Å². The van der Waals surface area contributed by atoms with Crippen molar-refractivity contribution in [2.45, 2.75) is 63.3 Å². The van der Waals surface area contributed by atoms with Crippen LogP contribution in [-0.4, -0.2) is 27.2 Å². The second kappa shape index (κ2) is 11.6. The average Bonchev–Trinajstić information content (AvgIpc) is 3.57. The first-order chi connectivity index (χ1) is 18.2. The highest BCUT2D eigenvalue weighted by molar-refractivity contribution is 5.93. The minimum Gasteiger partial charge on any atom is -0.493 e. The van der Waals surface area contributed by atoms with Crippen LogP contribution in [0.1, 0.15) is 79.2 Å². The summed E-state index contributed by atoms with van der Waals surface area (Å²) in [6.07, 6.45) is 9.67. The van der Waals surface area contributed by atoms with Gasteiger partial charge in [0.1, 0.15) is 11.6 Å². The number of carboxylic acids is 1. The molecule has 2 aliphatic rings. The molecule has 0 radical (unpaired) electrons. The summed E-state index contributed by atoms with van der Waals surface area (Å²) in [6.45, 7) is 0.734. The number of nitrogens with zero attached hydrogens (tertiary/aromatic N) is 2. The highest BCUT2D eigenvalue weighted by atomic mass is 35.5. The van der Waals surface area contributed by atoms with Gasteiger partial charge in [-0.3, -0.25) is 0 Å². The van der Waals surface area contributed by atoms with Crippen LogP contribution in [0.15, 0.2) is 72.8 Å². The topological polar surface area (TPSA) is 64.3 Å². The van der Waals surface area contributed by atoms with Crippen molar-refractivity contribution < 1.29 is 14.6 Å². The lowest BCUT2D eigenvalue weighted by Crippen LogP contribution is -2.15. The number of hydrogen-bond donors (Lipinski definition) is 1. The third-order valence-corrected chi connectivity index (χ3v) is 8.34. The zero-order valence-corrected chi connectivity index (χ0v) is 22.4. The molecule has 0 saturated heterocycles. The minimum atomic E-state index is -0.922. The minimum absolute atomic E-state index is 0. The number of aromatic nitrogens is 2. The largest absolute Gasteiger partial charge is 0.493 e. The van der Waals surface area contributed by atoms with Crippen molar-refractivity contribution in [3.05, 3.63) is 83.9 Å². The monoisotopic (exact) mass is 530 g/mol. The molecule has 0 spiro atoms. The molecule has 198 valence electrons. The Bertz CT molecular complexity index is 1380. The Morgan fingerprint density at radius 2 is 1.66 bits per heavy atom. The summed E-state index contributed by atoms with van der Waals surface area (Å²) in [5, 5.41) is 9.48. The predicted octanol–water partition coefficient (Wildman–Crippen LogP) is 8.29. The number of fused-ring (bicyclic) bond motifs is 1. The number of aromatic carboxylic acids is 1. The quantitative estimate of drug-likeness (QED) is 0.261. The summed E-state index contributed by atoms with van der Waals surface area (Å²) < 4.78 is 8.63. The molecule has 1 heterocycles. The number of carboxylic acid groups (broad SMARTS) is 1. The first-order valence-corrected chi connectivity index (χ1v) is 13.7. The van der Waals surface area contributed by atoms with Crippen LogP contribution in [0, 0.1) is 5.92 Å². The normalized spacial score (nSPS) is 19.8. The van der Waals surface area contributed by atoms with Gasteiger partial charge < -0.3 is 14.4 Å². The van der Waals surface area contributed by atoms with Gasteiger partial charge in [0.2, 0.25) is 0 Å².